The molecule has 0 spiro atoms. The summed E-state index contributed by atoms with van der Waals surface area (Å²) in [5.74, 6) is 0. The van der Waals surface area contributed by atoms with Crippen molar-refractivity contribution in [3.05, 3.63) is 83.3 Å². The molecule has 1 heterocycles. The molecule has 114 valence electrons. The van der Waals surface area contributed by atoms with E-state index in [0.29, 0.717) is 0 Å². The van der Waals surface area contributed by atoms with Crippen molar-refractivity contribution < 1.29 is 4.42 Å². The minimum absolute atomic E-state index is 0.935. The van der Waals surface area contributed by atoms with E-state index in [4.69, 9.17) is 4.42 Å². The number of hydrogen-bond acceptors (Lipinski definition) is 1. The molecular weight excluding hydrogens is 360 g/mol. The highest BCUT2D eigenvalue weighted by Gasteiger charge is 2.11. The Morgan fingerprint density at radius 3 is 2.42 bits per heavy atom. The lowest BCUT2D eigenvalue weighted by atomic mass is 9.99. The van der Waals surface area contributed by atoms with Gasteiger partial charge in [-0.1, -0.05) is 70.5 Å². The lowest BCUT2D eigenvalue weighted by Crippen LogP contribution is -1.80. The van der Waals surface area contributed by atoms with Gasteiger partial charge in [0.15, 0.2) is 0 Å². The SMILES string of the molecule is Brc1ccc2cc(-c3cccc4c3oc3ccccc34)ccc2c1. The van der Waals surface area contributed by atoms with Gasteiger partial charge in [0.05, 0.1) is 0 Å². The lowest BCUT2D eigenvalue weighted by Gasteiger charge is -2.05. The van der Waals surface area contributed by atoms with E-state index < -0.39 is 0 Å². The van der Waals surface area contributed by atoms with E-state index in [1.807, 2.05) is 12.1 Å². The van der Waals surface area contributed by atoms with E-state index in [0.717, 1.165) is 21.2 Å². The van der Waals surface area contributed by atoms with Crippen molar-refractivity contribution in [2.24, 2.45) is 0 Å². The maximum absolute atomic E-state index is 6.16. The molecule has 0 aliphatic rings. The zero-order chi connectivity index (χ0) is 16.1. The number of furan rings is 1. The predicted octanol–water partition coefficient (Wildman–Crippen LogP) is 7.17. The zero-order valence-corrected chi connectivity index (χ0v) is 14.4. The van der Waals surface area contributed by atoms with E-state index in [2.05, 4.69) is 82.7 Å². The van der Waals surface area contributed by atoms with Crippen LogP contribution in [0.25, 0.3) is 43.8 Å². The molecule has 0 unspecified atom stereocenters. The molecule has 1 nitrogen and oxygen atoms in total. The van der Waals surface area contributed by atoms with Gasteiger partial charge in [-0.3, -0.25) is 0 Å². The monoisotopic (exact) mass is 372 g/mol. The van der Waals surface area contributed by atoms with Gasteiger partial charge in [0.1, 0.15) is 11.2 Å². The van der Waals surface area contributed by atoms with E-state index in [-0.39, 0.29) is 0 Å². The molecule has 5 rings (SSSR count). The number of hydrogen-bond donors (Lipinski definition) is 0. The van der Waals surface area contributed by atoms with Crippen LogP contribution >= 0.6 is 15.9 Å². The summed E-state index contributed by atoms with van der Waals surface area (Å²) in [7, 11) is 0. The van der Waals surface area contributed by atoms with Crippen molar-refractivity contribution in [1.29, 1.82) is 0 Å². The summed E-state index contributed by atoms with van der Waals surface area (Å²) in [6, 6.07) is 27.5. The molecule has 5 aromatic rings. The highest BCUT2D eigenvalue weighted by atomic mass is 79.9. The van der Waals surface area contributed by atoms with Gasteiger partial charge in [-0.05, 0) is 40.6 Å². The molecule has 0 bridgehead atoms. The van der Waals surface area contributed by atoms with E-state index in [1.54, 1.807) is 0 Å². The number of para-hydroxylation sites is 2. The third-order valence-corrected chi connectivity index (χ3v) is 5.01. The van der Waals surface area contributed by atoms with Crippen LogP contribution < -0.4 is 0 Å². The fourth-order valence-corrected chi connectivity index (χ4v) is 3.74. The smallest absolute Gasteiger partial charge is 0.143 e. The molecule has 0 fully saturated rings. The van der Waals surface area contributed by atoms with Crippen LogP contribution in [0.2, 0.25) is 0 Å². The van der Waals surface area contributed by atoms with E-state index in [1.165, 1.54) is 27.1 Å². The maximum Gasteiger partial charge on any atom is 0.143 e. The highest BCUT2D eigenvalue weighted by molar-refractivity contribution is 9.10. The zero-order valence-electron chi connectivity index (χ0n) is 12.8. The first-order valence-electron chi connectivity index (χ1n) is 7.89. The molecule has 0 saturated heterocycles. The molecule has 4 aromatic carbocycles. The van der Waals surface area contributed by atoms with Crippen molar-refractivity contribution >= 4 is 48.6 Å². The van der Waals surface area contributed by atoms with Gasteiger partial charge in [-0.2, -0.15) is 0 Å². The van der Waals surface area contributed by atoms with Gasteiger partial charge in [-0.15, -0.1) is 0 Å². The second-order valence-corrected chi connectivity index (χ2v) is 6.90. The molecule has 2 heteroatoms. The van der Waals surface area contributed by atoms with Crippen LogP contribution in [-0.2, 0) is 0 Å². The predicted molar refractivity (Wildman–Crippen MR) is 104 cm³/mol. The van der Waals surface area contributed by atoms with Gasteiger partial charge in [0.25, 0.3) is 0 Å². The fraction of sp³-hybridized carbons (Fsp3) is 0. The standard InChI is InChI=1S/C22H13BrO/c23-17-11-10-14-12-16(9-8-15(14)13-17)18-5-3-6-20-19-4-1-2-7-21(19)24-22(18)20/h1-13H. The molecule has 0 atom stereocenters. The second-order valence-electron chi connectivity index (χ2n) is 5.99. The first-order chi connectivity index (χ1) is 11.8. The Bertz CT molecular complexity index is 1220. The molecule has 0 amide bonds. The summed E-state index contributed by atoms with van der Waals surface area (Å²) in [4.78, 5) is 0. The second kappa shape index (κ2) is 5.22. The Labute approximate surface area is 147 Å². The third kappa shape index (κ3) is 2.07. The van der Waals surface area contributed by atoms with E-state index in [9.17, 15) is 0 Å². The highest BCUT2D eigenvalue weighted by Crippen LogP contribution is 2.36. The molecule has 0 radical (unpaired) electrons. The van der Waals surface area contributed by atoms with Gasteiger partial charge in [0, 0.05) is 20.8 Å². The molecule has 0 aliphatic carbocycles. The van der Waals surface area contributed by atoms with Crippen LogP contribution in [0.3, 0.4) is 0 Å². The Balaban J connectivity index is 1.81. The first kappa shape index (κ1) is 13.8. The molecule has 0 saturated carbocycles. The summed E-state index contributed by atoms with van der Waals surface area (Å²) >= 11 is 3.53. The average Bonchev–Trinajstić information content (AvgIpc) is 3.00. The lowest BCUT2D eigenvalue weighted by molar-refractivity contribution is 0.670. The fourth-order valence-electron chi connectivity index (χ4n) is 3.36. The molecule has 24 heavy (non-hydrogen) atoms. The summed E-state index contributed by atoms with van der Waals surface area (Å²) in [6.07, 6.45) is 0. The quantitative estimate of drug-likeness (QED) is 0.304. The summed E-state index contributed by atoms with van der Waals surface area (Å²) in [5, 5.41) is 4.78. The third-order valence-electron chi connectivity index (χ3n) is 4.52. The molecule has 0 N–H and O–H groups in total. The average molecular weight is 373 g/mol. The van der Waals surface area contributed by atoms with Crippen LogP contribution in [0.4, 0.5) is 0 Å². The van der Waals surface area contributed by atoms with Crippen molar-refractivity contribution in [2.75, 3.05) is 0 Å². The number of benzene rings is 4. The van der Waals surface area contributed by atoms with E-state index >= 15 is 0 Å². The van der Waals surface area contributed by atoms with Crippen molar-refractivity contribution in [2.45, 2.75) is 0 Å². The summed E-state index contributed by atoms with van der Waals surface area (Å²) in [5.41, 5.74) is 4.20. The van der Waals surface area contributed by atoms with Gasteiger partial charge < -0.3 is 4.42 Å². The van der Waals surface area contributed by atoms with Crippen LogP contribution in [0.5, 0.6) is 0 Å². The Kier molecular flexibility index (Phi) is 3.00. The number of halogens is 1. The van der Waals surface area contributed by atoms with Crippen molar-refractivity contribution in [3.8, 4) is 11.1 Å². The van der Waals surface area contributed by atoms with Gasteiger partial charge >= 0.3 is 0 Å². The van der Waals surface area contributed by atoms with Gasteiger partial charge in [-0.25, -0.2) is 0 Å². The molecule has 1 aromatic heterocycles. The minimum Gasteiger partial charge on any atom is -0.455 e. The summed E-state index contributed by atoms with van der Waals surface area (Å²) < 4.78 is 7.26. The number of rotatable bonds is 1. The van der Waals surface area contributed by atoms with Crippen LogP contribution in [0.1, 0.15) is 0 Å². The Morgan fingerprint density at radius 2 is 1.46 bits per heavy atom. The first-order valence-corrected chi connectivity index (χ1v) is 8.69. The minimum atomic E-state index is 0.935. The number of fused-ring (bicyclic) bond motifs is 4. The van der Waals surface area contributed by atoms with Crippen molar-refractivity contribution in [3.63, 3.8) is 0 Å². The van der Waals surface area contributed by atoms with Crippen molar-refractivity contribution in [1.82, 2.24) is 0 Å². The Morgan fingerprint density at radius 1 is 0.667 bits per heavy atom. The summed E-state index contributed by atoms with van der Waals surface area (Å²) in [6.45, 7) is 0. The van der Waals surface area contributed by atoms with Crippen LogP contribution in [0.15, 0.2) is 87.8 Å². The van der Waals surface area contributed by atoms with Crippen LogP contribution in [0, 0.1) is 0 Å². The van der Waals surface area contributed by atoms with Crippen LogP contribution in [-0.4, -0.2) is 0 Å². The van der Waals surface area contributed by atoms with Gasteiger partial charge in [0.2, 0.25) is 0 Å². The topological polar surface area (TPSA) is 13.1 Å². The molecular formula is C22H13BrO. The largest absolute Gasteiger partial charge is 0.455 e. The molecule has 0 aliphatic heterocycles. The normalized spacial score (nSPS) is 11.5. The Hall–Kier alpha value is -2.58. The maximum atomic E-state index is 6.16.